The molecule has 1 heteroatoms. The van der Waals surface area contributed by atoms with Gasteiger partial charge in [-0.3, -0.25) is 0 Å². The molecule has 3 aromatic rings. The van der Waals surface area contributed by atoms with Gasteiger partial charge in [0.1, 0.15) is 5.82 Å². The fourth-order valence-corrected chi connectivity index (χ4v) is 2.18. The Labute approximate surface area is 124 Å². The first-order chi connectivity index (χ1) is 10.3. The minimum atomic E-state index is -0.209. The first-order valence-corrected chi connectivity index (χ1v) is 6.90. The fourth-order valence-electron chi connectivity index (χ4n) is 2.18. The summed E-state index contributed by atoms with van der Waals surface area (Å²) in [6.07, 6.45) is 4.01. The van der Waals surface area contributed by atoms with Gasteiger partial charge in [-0.05, 0) is 34.4 Å². The minimum Gasteiger partial charge on any atom is -0.207 e. The Balaban J connectivity index is 1.77. The van der Waals surface area contributed by atoms with Gasteiger partial charge in [0.15, 0.2) is 0 Å². The van der Waals surface area contributed by atoms with Crippen molar-refractivity contribution in [2.45, 2.75) is 0 Å². The lowest BCUT2D eigenvalue weighted by atomic mass is 10.0. The van der Waals surface area contributed by atoms with Crippen LogP contribution in [0.25, 0.3) is 23.3 Å². The molecule has 21 heavy (non-hydrogen) atoms. The number of hydrogen-bond acceptors (Lipinski definition) is 0. The Kier molecular flexibility index (Phi) is 3.92. The molecule has 0 N–H and O–H groups in total. The molecule has 0 heterocycles. The largest absolute Gasteiger partial charge is 0.207 e. The quantitative estimate of drug-likeness (QED) is 0.540. The highest BCUT2D eigenvalue weighted by Crippen LogP contribution is 2.20. The number of benzene rings is 3. The van der Waals surface area contributed by atoms with Crippen LogP contribution < -0.4 is 0 Å². The maximum absolute atomic E-state index is 12.8. The summed E-state index contributed by atoms with van der Waals surface area (Å²) in [5.41, 5.74) is 4.53. The standard InChI is InChI=1S/C20H15F/c21-20-14-10-17(11-15-20)7-6-16-8-12-19(13-9-16)18-4-2-1-3-5-18/h1-15H/b7-6+. The van der Waals surface area contributed by atoms with E-state index in [4.69, 9.17) is 0 Å². The van der Waals surface area contributed by atoms with E-state index in [9.17, 15) is 4.39 Å². The third kappa shape index (κ3) is 3.46. The molecule has 0 nitrogen and oxygen atoms in total. The zero-order valence-electron chi connectivity index (χ0n) is 11.5. The van der Waals surface area contributed by atoms with E-state index < -0.39 is 0 Å². The molecule has 0 bridgehead atoms. The van der Waals surface area contributed by atoms with Crippen LogP contribution in [0.2, 0.25) is 0 Å². The van der Waals surface area contributed by atoms with E-state index in [-0.39, 0.29) is 5.82 Å². The molecule has 0 spiro atoms. The summed E-state index contributed by atoms with van der Waals surface area (Å²) in [5.74, 6) is -0.209. The monoisotopic (exact) mass is 274 g/mol. The van der Waals surface area contributed by atoms with Gasteiger partial charge in [-0.25, -0.2) is 4.39 Å². The molecular weight excluding hydrogens is 259 g/mol. The van der Waals surface area contributed by atoms with Gasteiger partial charge in [0.05, 0.1) is 0 Å². The van der Waals surface area contributed by atoms with Gasteiger partial charge in [0.25, 0.3) is 0 Å². The predicted molar refractivity (Wildman–Crippen MR) is 87.2 cm³/mol. The zero-order chi connectivity index (χ0) is 14.5. The van der Waals surface area contributed by atoms with E-state index >= 15 is 0 Å². The van der Waals surface area contributed by atoms with Crippen LogP contribution in [0, 0.1) is 5.82 Å². The van der Waals surface area contributed by atoms with Crippen LogP contribution in [0.15, 0.2) is 78.9 Å². The SMILES string of the molecule is Fc1ccc(/C=C/c2ccc(-c3ccccc3)cc2)cc1. The summed E-state index contributed by atoms with van der Waals surface area (Å²) < 4.78 is 12.8. The van der Waals surface area contributed by atoms with Crippen LogP contribution in [0.5, 0.6) is 0 Å². The predicted octanol–water partition coefficient (Wildman–Crippen LogP) is 5.66. The highest BCUT2D eigenvalue weighted by Gasteiger charge is 1.96. The topological polar surface area (TPSA) is 0 Å². The first-order valence-electron chi connectivity index (χ1n) is 6.90. The Bertz CT molecular complexity index is 723. The zero-order valence-corrected chi connectivity index (χ0v) is 11.5. The Morgan fingerprint density at radius 1 is 0.524 bits per heavy atom. The lowest BCUT2D eigenvalue weighted by Gasteiger charge is -2.02. The fraction of sp³-hybridized carbons (Fsp3) is 0. The number of rotatable bonds is 3. The average molecular weight is 274 g/mol. The third-order valence-corrected chi connectivity index (χ3v) is 3.36. The van der Waals surface area contributed by atoms with Crippen LogP contribution in [0.1, 0.15) is 11.1 Å². The van der Waals surface area contributed by atoms with Crippen LogP contribution in [-0.4, -0.2) is 0 Å². The molecule has 0 atom stereocenters. The van der Waals surface area contributed by atoms with Gasteiger partial charge in [-0.1, -0.05) is 78.9 Å². The molecular formula is C20H15F. The highest BCUT2D eigenvalue weighted by atomic mass is 19.1. The van der Waals surface area contributed by atoms with E-state index in [1.54, 1.807) is 12.1 Å². The Morgan fingerprint density at radius 3 is 1.57 bits per heavy atom. The smallest absolute Gasteiger partial charge is 0.123 e. The lowest BCUT2D eigenvalue weighted by molar-refractivity contribution is 0.628. The summed E-state index contributed by atoms with van der Waals surface area (Å²) in [4.78, 5) is 0. The van der Waals surface area contributed by atoms with Crippen molar-refractivity contribution in [3.05, 3.63) is 95.8 Å². The van der Waals surface area contributed by atoms with E-state index in [2.05, 4.69) is 36.4 Å². The summed E-state index contributed by atoms with van der Waals surface area (Å²) in [5, 5.41) is 0. The number of halogens is 1. The molecule has 3 aromatic carbocycles. The van der Waals surface area contributed by atoms with Gasteiger partial charge >= 0.3 is 0 Å². The molecule has 0 aliphatic rings. The molecule has 102 valence electrons. The molecule has 0 saturated carbocycles. The maximum atomic E-state index is 12.8. The second kappa shape index (κ2) is 6.19. The Morgan fingerprint density at radius 2 is 1.00 bits per heavy atom. The summed E-state index contributed by atoms with van der Waals surface area (Å²) in [7, 11) is 0. The van der Waals surface area contributed by atoms with E-state index in [1.807, 2.05) is 30.4 Å². The minimum absolute atomic E-state index is 0.209. The molecule has 0 aliphatic carbocycles. The van der Waals surface area contributed by atoms with Gasteiger partial charge < -0.3 is 0 Å². The van der Waals surface area contributed by atoms with Crippen molar-refractivity contribution in [1.29, 1.82) is 0 Å². The second-order valence-corrected chi connectivity index (χ2v) is 4.87. The highest BCUT2D eigenvalue weighted by molar-refractivity contribution is 5.72. The van der Waals surface area contributed by atoms with Crippen molar-refractivity contribution in [2.75, 3.05) is 0 Å². The number of hydrogen-bond donors (Lipinski definition) is 0. The van der Waals surface area contributed by atoms with Crippen molar-refractivity contribution in [1.82, 2.24) is 0 Å². The maximum Gasteiger partial charge on any atom is 0.123 e. The van der Waals surface area contributed by atoms with Crippen molar-refractivity contribution in [2.24, 2.45) is 0 Å². The molecule has 0 aromatic heterocycles. The summed E-state index contributed by atoms with van der Waals surface area (Å²) in [6.45, 7) is 0. The van der Waals surface area contributed by atoms with Crippen LogP contribution >= 0.6 is 0 Å². The van der Waals surface area contributed by atoms with Gasteiger partial charge in [-0.2, -0.15) is 0 Å². The van der Waals surface area contributed by atoms with Crippen LogP contribution in [0.4, 0.5) is 4.39 Å². The third-order valence-electron chi connectivity index (χ3n) is 3.36. The normalized spacial score (nSPS) is 10.9. The average Bonchev–Trinajstić information content (AvgIpc) is 2.56. The van der Waals surface area contributed by atoms with E-state index in [1.165, 1.54) is 23.3 Å². The first kappa shape index (κ1) is 13.3. The van der Waals surface area contributed by atoms with Crippen LogP contribution in [-0.2, 0) is 0 Å². The van der Waals surface area contributed by atoms with Gasteiger partial charge in [-0.15, -0.1) is 0 Å². The van der Waals surface area contributed by atoms with E-state index in [0.29, 0.717) is 0 Å². The molecule has 0 saturated heterocycles. The lowest BCUT2D eigenvalue weighted by Crippen LogP contribution is -1.78. The molecule has 0 amide bonds. The van der Waals surface area contributed by atoms with Crippen LogP contribution in [0.3, 0.4) is 0 Å². The molecule has 3 rings (SSSR count). The summed E-state index contributed by atoms with van der Waals surface area (Å²) >= 11 is 0. The van der Waals surface area contributed by atoms with Crippen molar-refractivity contribution in [3.63, 3.8) is 0 Å². The summed E-state index contributed by atoms with van der Waals surface area (Å²) in [6, 6.07) is 25.2. The van der Waals surface area contributed by atoms with E-state index in [0.717, 1.165) is 11.1 Å². The molecule has 0 aliphatic heterocycles. The molecule has 0 radical (unpaired) electrons. The van der Waals surface area contributed by atoms with Gasteiger partial charge in [0, 0.05) is 0 Å². The molecule has 0 unspecified atom stereocenters. The van der Waals surface area contributed by atoms with Gasteiger partial charge in [0.2, 0.25) is 0 Å². The van der Waals surface area contributed by atoms with Crippen molar-refractivity contribution < 1.29 is 4.39 Å². The Hall–Kier alpha value is -2.67. The second-order valence-electron chi connectivity index (χ2n) is 4.87. The van der Waals surface area contributed by atoms with Crippen molar-refractivity contribution in [3.8, 4) is 11.1 Å². The van der Waals surface area contributed by atoms with Crippen molar-refractivity contribution >= 4 is 12.2 Å². The molecule has 0 fully saturated rings.